The van der Waals surface area contributed by atoms with Crippen molar-refractivity contribution in [2.24, 2.45) is 0 Å². The second kappa shape index (κ2) is 9.75. The van der Waals surface area contributed by atoms with E-state index in [0.717, 1.165) is 18.4 Å². The highest BCUT2D eigenvalue weighted by molar-refractivity contribution is 7.80. The molecule has 0 unspecified atom stereocenters. The third-order valence-corrected chi connectivity index (χ3v) is 6.69. The molecule has 0 aliphatic carbocycles. The van der Waals surface area contributed by atoms with Crippen LogP contribution in [0, 0.1) is 6.92 Å². The molecule has 2 aromatic rings. The maximum absolute atomic E-state index is 13.4. The predicted octanol–water partition coefficient (Wildman–Crippen LogP) is 4.81. The van der Waals surface area contributed by atoms with Crippen LogP contribution in [0.5, 0.6) is 0 Å². The van der Waals surface area contributed by atoms with Crippen molar-refractivity contribution >= 4 is 63.7 Å². The molecule has 2 heterocycles. The van der Waals surface area contributed by atoms with Gasteiger partial charge in [0.25, 0.3) is 5.91 Å². The monoisotopic (exact) mass is 491 g/mol. The molecule has 4 rings (SSSR count). The standard InChI is InChI=1S/C23H23Cl2N3O3S/c1-14-7-9-15(10-8-14)28-22(30)19(27(23(28)32)13-16-4-3-11-31-16)12-20(29)26-21-17(24)5-2-6-18(21)25/h2,5-10,16,19H,3-4,11-13H2,1H3,(H,26,29)/t16-,19+/m1/s1. The Bertz CT molecular complexity index is 1020. The van der Waals surface area contributed by atoms with E-state index in [-0.39, 0.29) is 24.3 Å². The van der Waals surface area contributed by atoms with Gasteiger partial charge in [-0.3, -0.25) is 14.5 Å². The third kappa shape index (κ3) is 4.76. The van der Waals surface area contributed by atoms with Crippen molar-refractivity contribution < 1.29 is 14.3 Å². The van der Waals surface area contributed by atoms with E-state index in [4.69, 9.17) is 40.2 Å². The molecule has 2 atom stereocenters. The van der Waals surface area contributed by atoms with E-state index < -0.39 is 6.04 Å². The molecule has 0 spiro atoms. The zero-order valence-corrected chi connectivity index (χ0v) is 19.8. The van der Waals surface area contributed by atoms with Gasteiger partial charge in [-0.1, -0.05) is 47.0 Å². The highest BCUT2D eigenvalue weighted by Gasteiger charge is 2.45. The van der Waals surface area contributed by atoms with Crippen molar-refractivity contribution in [2.75, 3.05) is 23.4 Å². The molecular weight excluding hydrogens is 469 g/mol. The molecule has 2 aliphatic rings. The van der Waals surface area contributed by atoms with Gasteiger partial charge in [-0.2, -0.15) is 0 Å². The van der Waals surface area contributed by atoms with Crippen LogP contribution >= 0.6 is 35.4 Å². The van der Waals surface area contributed by atoms with Crippen LogP contribution in [0.4, 0.5) is 11.4 Å². The summed E-state index contributed by atoms with van der Waals surface area (Å²) in [6.07, 6.45) is 1.75. The smallest absolute Gasteiger partial charge is 0.256 e. The Balaban J connectivity index is 1.57. The number of rotatable bonds is 6. The Morgan fingerprint density at radius 3 is 2.50 bits per heavy atom. The largest absolute Gasteiger partial charge is 0.376 e. The number of amides is 2. The molecule has 2 aliphatic heterocycles. The number of carbonyl (C=O) groups is 2. The molecule has 32 heavy (non-hydrogen) atoms. The summed E-state index contributed by atoms with van der Waals surface area (Å²) in [5, 5.41) is 3.78. The molecule has 2 saturated heterocycles. The number of para-hydroxylation sites is 1. The van der Waals surface area contributed by atoms with Gasteiger partial charge >= 0.3 is 0 Å². The lowest BCUT2D eigenvalue weighted by molar-refractivity contribution is -0.124. The number of thiocarbonyl (C=S) groups is 1. The van der Waals surface area contributed by atoms with Crippen molar-refractivity contribution in [3.8, 4) is 0 Å². The summed E-state index contributed by atoms with van der Waals surface area (Å²) in [7, 11) is 0. The summed E-state index contributed by atoms with van der Waals surface area (Å²) in [5.74, 6) is -0.610. The molecule has 0 aromatic heterocycles. The Morgan fingerprint density at radius 1 is 1.19 bits per heavy atom. The lowest BCUT2D eigenvalue weighted by Gasteiger charge is -2.26. The fraction of sp³-hybridized carbons (Fsp3) is 0.348. The number of nitrogens with one attached hydrogen (secondary N) is 1. The number of hydrogen-bond acceptors (Lipinski definition) is 4. The maximum Gasteiger partial charge on any atom is 0.256 e. The van der Waals surface area contributed by atoms with Crippen LogP contribution in [-0.4, -0.2) is 47.1 Å². The van der Waals surface area contributed by atoms with Gasteiger partial charge in [0.2, 0.25) is 5.91 Å². The van der Waals surface area contributed by atoms with Crippen molar-refractivity contribution in [2.45, 2.75) is 38.3 Å². The van der Waals surface area contributed by atoms with Gasteiger partial charge in [-0.25, -0.2) is 0 Å². The Labute approximate surface area is 202 Å². The molecule has 9 heteroatoms. The van der Waals surface area contributed by atoms with Gasteiger partial charge in [-0.15, -0.1) is 0 Å². The summed E-state index contributed by atoms with van der Waals surface area (Å²) in [6, 6.07) is 11.8. The Hall–Kier alpha value is -2.19. The van der Waals surface area contributed by atoms with Gasteiger partial charge < -0.3 is 15.0 Å². The molecule has 0 radical (unpaired) electrons. The minimum atomic E-state index is -0.741. The van der Waals surface area contributed by atoms with Crippen molar-refractivity contribution in [3.63, 3.8) is 0 Å². The van der Waals surface area contributed by atoms with E-state index in [1.807, 2.05) is 31.2 Å². The van der Waals surface area contributed by atoms with Gasteiger partial charge in [0, 0.05) is 13.2 Å². The van der Waals surface area contributed by atoms with Gasteiger partial charge in [0.15, 0.2) is 5.11 Å². The summed E-state index contributed by atoms with van der Waals surface area (Å²) >= 11 is 18.0. The average molecular weight is 492 g/mol. The number of aryl methyl sites for hydroxylation is 1. The molecule has 0 bridgehead atoms. The van der Waals surface area contributed by atoms with Crippen LogP contribution in [-0.2, 0) is 14.3 Å². The fourth-order valence-corrected chi connectivity index (χ4v) is 4.85. The predicted molar refractivity (Wildman–Crippen MR) is 130 cm³/mol. The van der Waals surface area contributed by atoms with E-state index in [2.05, 4.69) is 5.32 Å². The van der Waals surface area contributed by atoms with Gasteiger partial charge in [-0.05, 0) is 56.2 Å². The molecule has 2 aromatic carbocycles. The van der Waals surface area contributed by atoms with E-state index >= 15 is 0 Å². The molecule has 0 saturated carbocycles. The zero-order chi connectivity index (χ0) is 22.8. The first-order valence-electron chi connectivity index (χ1n) is 10.4. The number of benzene rings is 2. The van der Waals surface area contributed by atoms with Crippen LogP contribution in [0.15, 0.2) is 42.5 Å². The Kier molecular flexibility index (Phi) is 7.00. The molecule has 1 N–H and O–H groups in total. The second-order valence-electron chi connectivity index (χ2n) is 7.94. The second-order valence-corrected chi connectivity index (χ2v) is 9.12. The minimum absolute atomic E-state index is 0.0257. The molecular formula is C23H23Cl2N3O3S. The first-order chi connectivity index (χ1) is 15.3. The van der Waals surface area contributed by atoms with Crippen LogP contribution in [0.2, 0.25) is 10.0 Å². The first kappa shape index (κ1) is 23.0. The van der Waals surface area contributed by atoms with E-state index in [9.17, 15) is 9.59 Å². The summed E-state index contributed by atoms with van der Waals surface area (Å²) < 4.78 is 5.77. The third-order valence-electron chi connectivity index (χ3n) is 5.64. The Morgan fingerprint density at radius 2 is 1.88 bits per heavy atom. The van der Waals surface area contributed by atoms with Crippen molar-refractivity contribution in [1.82, 2.24) is 4.90 Å². The molecule has 168 valence electrons. The minimum Gasteiger partial charge on any atom is -0.376 e. The normalized spacial score (nSPS) is 20.8. The lowest BCUT2D eigenvalue weighted by Crippen LogP contribution is -2.42. The van der Waals surface area contributed by atoms with Crippen LogP contribution in [0.1, 0.15) is 24.8 Å². The van der Waals surface area contributed by atoms with Gasteiger partial charge in [0.05, 0.1) is 33.9 Å². The average Bonchev–Trinajstić information content (AvgIpc) is 3.35. The number of anilines is 2. The summed E-state index contributed by atoms with van der Waals surface area (Å²) in [6.45, 7) is 3.12. The molecule has 6 nitrogen and oxygen atoms in total. The number of hydrogen-bond donors (Lipinski definition) is 1. The lowest BCUT2D eigenvalue weighted by atomic mass is 10.1. The molecule has 2 fully saturated rings. The van der Waals surface area contributed by atoms with Crippen molar-refractivity contribution in [1.29, 1.82) is 0 Å². The highest BCUT2D eigenvalue weighted by Crippen LogP contribution is 2.32. The highest BCUT2D eigenvalue weighted by atomic mass is 35.5. The topological polar surface area (TPSA) is 61.9 Å². The summed E-state index contributed by atoms with van der Waals surface area (Å²) in [5.41, 5.74) is 2.09. The fourth-order valence-electron chi connectivity index (χ4n) is 3.96. The van der Waals surface area contributed by atoms with Gasteiger partial charge in [0.1, 0.15) is 6.04 Å². The number of carbonyl (C=O) groups excluding carboxylic acids is 2. The first-order valence-corrected chi connectivity index (χ1v) is 11.6. The zero-order valence-electron chi connectivity index (χ0n) is 17.5. The van der Waals surface area contributed by atoms with E-state index in [1.165, 1.54) is 4.90 Å². The number of halogens is 2. The van der Waals surface area contributed by atoms with Crippen LogP contribution in [0.25, 0.3) is 0 Å². The van der Waals surface area contributed by atoms with E-state index in [0.29, 0.717) is 39.7 Å². The SMILES string of the molecule is Cc1ccc(N2C(=O)[C@H](CC(=O)Nc3c(Cl)cccc3Cl)N(C[C@H]3CCCO3)C2=S)cc1. The maximum atomic E-state index is 13.4. The number of nitrogens with zero attached hydrogens (tertiary/aromatic N) is 2. The quantitative estimate of drug-likeness (QED) is 0.587. The van der Waals surface area contributed by atoms with Crippen LogP contribution < -0.4 is 10.2 Å². The number of ether oxygens (including phenoxy) is 1. The van der Waals surface area contributed by atoms with Crippen LogP contribution in [0.3, 0.4) is 0 Å². The summed E-state index contributed by atoms with van der Waals surface area (Å²) in [4.78, 5) is 29.6. The molecule has 2 amide bonds. The van der Waals surface area contributed by atoms with Crippen molar-refractivity contribution in [3.05, 3.63) is 58.1 Å². The van der Waals surface area contributed by atoms with E-state index in [1.54, 1.807) is 23.1 Å².